The largest absolute Gasteiger partial charge is 0.411 e. The summed E-state index contributed by atoms with van der Waals surface area (Å²) >= 11 is 1.17. The number of nitrogen functional groups attached to an aromatic ring is 1. The lowest BCUT2D eigenvalue weighted by molar-refractivity contribution is -0.384. The van der Waals surface area contributed by atoms with Gasteiger partial charge < -0.3 is 33.5 Å². The van der Waals surface area contributed by atoms with E-state index in [-0.39, 0.29) is 47.5 Å². The molecule has 0 bridgehead atoms. The van der Waals surface area contributed by atoms with Gasteiger partial charge in [0.15, 0.2) is 5.82 Å². The number of nitrogens with zero attached hydrogens (tertiary/aromatic N) is 17. The summed E-state index contributed by atoms with van der Waals surface area (Å²) in [4.78, 5) is 66.0. The van der Waals surface area contributed by atoms with Crippen LogP contribution in [0.3, 0.4) is 0 Å². The third-order valence-corrected chi connectivity index (χ3v) is 12.1. The smallest absolute Gasteiger partial charge is 0.408 e. The molecule has 1 aromatic carbocycles. The Morgan fingerprint density at radius 3 is 1.27 bits per heavy atom. The molecule has 0 spiro atoms. The van der Waals surface area contributed by atoms with Gasteiger partial charge in [0.2, 0.25) is 5.89 Å². The van der Waals surface area contributed by atoms with Crippen LogP contribution in [0.5, 0.6) is 0 Å². The summed E-state index contributed by atoms with van der Waals surface area (Å²) in [6, 6.07) is 5.66. The molecule has 0 aliphatic heterocycles. The molecular weight excluding hydrogens is 1240 g/mol. The first kappa shape index (κ1) is 78.9. The molecule has 7 rings (SSSR count). The van der Waals surface area contributed by atoms with E-state index in [0.717, 1.165) is 58.3 Å². The molecule has 0 fully saturated rings. The number of hydrogen-bond donors (Lipinski definition) is 4. The van der Waals surface area contributed by atoms with E-state index in [9.17, 15) is 49.6 Å². The molecule has 0 saturated heterocycles. The van der Waals surface area contributed by atoms with Gasteiger partial charge in [-0.05, 0) is 107 Å². The Labute approximate surface area is 531 Å². The van der Waals surface area contributed by atoms with Gasteiger partial charge in [-0.1, -0.05) is 39.5 Å². The second-order valence-corrected chi connectivity index (χ2v) is 20.3. The normalized spacial score (nSPS) is 11.6. The Hall–Kier alpha value is -9.24. The number of aliphatic imine (C=N–C) groups is 4. The summed E-state index contributed by atoms with van der Waals surface area (Å²) in [6.07, 6.45) is -1.31. The number of benzene rings is 1. The SMILES string of the molecule is CC(=NCC(F)(F)F)Nc1nc(C)ncc1CSc1nnc(-c2ccc([N+](=O)[O-])cc2)o1.CCc1cnc(C)nc1N.CCc1cnc(C)nc1N=C(C)C.CCc1cnc(C)nc1NC(C)=NCC(F)(F)F.CCc1cnc(C)nc1NC(C)=NCC(F)(F)F.[CH3-]. The minimum absolute atomic E-state index is 0. The van der Waals surface area contributed by atoms with E-state index < -0.39 is 43.1 Å². The van der Waals surface area contributed by atoms with E-state index in [4.69, 9.17) is 10.2 Å². The zero-order chi connectivity index (χ0) is 68.2. The Morgan fingerprint density at radius 1 is 0.543 bits per heavy atom. The van der Waals surface area contributed by atoms with Gasteiger partial charge >= 0.3 is 18.5 Å². The first-order chi connectivity index (χ1) is 42.6. The van der Waals surface area contributed by atoms with Gasteiger partial charge in [0.1, 0.15) is 72.0 Å². The van der Waals surface area contributed by atoms with E-state index in [1.54, 1.807) is 45.6 Å². The van der Waals surface area contributed by atoms with E-state index in [1.807, 2.05) is 54.7 Å². The lowest BCUT2D eigenvalue weighted by Gasteiger charge is -2.11. The average molecular weight is 1320 g/mol. The fourth-order valence-corrected chi connectivity index (χ4v) is 7.49. The minimum atomic E-state index is -4.40. The van der Waals surface area contributed by atoms with Crippen LogP contribution in [0.2, 0.25) is 0 Å². The van der Waals surface area contributed by atoms with Crippen molar-refractivity contribution in [1.29, 1.82) is 0 Å². The number of rotatable bonds is 16. The maximum Gasteiger partial charge on any atom is 0.408 e. The standard InChI is InChI=1S/C18H16F3N7O3S.2C11H15F3N4.C10H15N3.C7H11N3.CH3/c1-10-22-7-13(15(24-10)25-11(2)23-9-18(19,20)21)8-32-17-27-26-16(31-17)12-3-5-14(6-4-12)28(29)30;2*1-4-9-5-15-7(2)17-10(9)18-8(3)16-6-11(12,13)14;1-5-9-6-11-8(4)13-10(9)12-7(2)3;1-3-6-4-9-5(2)10-7(6)8;/h3-7H,8-9H2,1-2H3,(H,22,23,24,25);2*5H,4,6H2,1-3H3,(H,15,16,17,18);6H,5H2,1-4H3;4H,3H2,1-2H3,(H2,8,9,10);1H3/q;;;;;-1. The van der Waals surface area contributed by atoms with Crippen LogP contribution in [0.4, 0.5) is 74.3 Å². The first-order valence-electron chi connectivity index (χ1n) is 27.8. The molecule has 500 valence electrons. The molecule has 34 heteroatoms. The number of nitro groups is 1. The highest BCUT2D eigenvalue weighted by molar-refractivity contribution is 7.98. The predicted molar refractivity (Wildman–Crippen MR) is 340 cm³/mol. The summed E-state index contributed by atoms with van der Waals surface area (Å²) < 4.78 is 115. The summed E-state index contributed by atoms with van der Waals surface area (Å²) in [5.74, 6) is 6.71. The van der Waals surface area contributed by atoms with Crippen LogP contribution in [0.25, 0.3) is 11.5 Å². The first-order valence-corrected chi connectivity index (χ1v) is 28.7. The number of halogens is 9. The quantitative estimate of drug-likeness (QED) is 0.0133. The molecule has 0 saturated carbocycles. The number of nitrogens with one attached hydrogen (secondary N) is 3. The van der Waals surface area contributed by atoms with Crippen LogP contribution < -0.4 is 21.7 Å². The molecule has 0 atom stereocenters. The fourth-order valence-electron chi connectivity index (χ4n) is 6.77. The molecule has 0 radical (unpaired) electrons. The van der Waals surface area contributed by atoms with Gasteiger partial charge in [0, 0.05) is 88.0 Å². The summed E-state index contributed by atoms with van der Waals surface area (Å²) in [7, 11) is 0. The van der Waals surface area contributed by atoms with Crippen LogP contribution in [-0.2, 0) is 31.4 Å². The zero-order valence-corrected chi connectivity index (χ0v) is 54.4. The monoisotopic (exact) mass is 1320 g/mol. The van der Waals surface area contributed by atoms with Crippen LogP contribution in [0.1, 0.15) is 119 Å². The molecule has 7 aromatic rings. The van der Waals surface area contributed by atoms with Gasteiger partial charge in [0.25, 0.3) is 10.9 Å². The van der Waals surface area contributed by atoms with E-state index in [0.29, 0.717) is 64.7 Å². The van der Waals surface area contributed by atoms with Crippen LogP contribution in [0.15, 0.2) is 84.9 Å². The van der Waals surface area contributed by atoms with Gasteiger partial charge in [-0.3, -0.25) is 25.1 Å². The molecular formula is C58H75F9N21O3S-. The molecule has 0 aliphatic carbocycles. The van der Waals surface area contributed by atoms with Gasteiger partial charge in [-0.2, -0.15) is 39.5 Å². The van der Waals surface area contributed by atoms with Crippen molar-refractivity contribution in [3.8, 4) is 11.5 Å². The summed E-state index contributed by atoms with van der Waals surface area (Å²) in [5.41, 5.74) is 11.5. The highest BCUT2D eigenvalue weighted by Crippen LogP contribution is 2.29. The molecule has 5 N–H and O–H groups in total. The second kappa shape index (κ2) is 37.8. The highest BCUT2D eigenvalue weighted by atomic mass is 32.2. The van der Waals surface area contributed by atoms with Gasteiger partial charge in [-0.15, -0.1) is 10.2 Å². The van der Waals surface area contributed by atoms with E-state index in [2.05, 4.69) is 103 Å². The van der Waals surface area contributed by atoms with Crippen LogP contribution in [0, 0.1) is 52.2 Å². The third-order valence-electron chi connectivity index (χ3n) is 11.3. The predicted octanol–water partition coefficient (Wildman–Crippen LogP) is 13.7. The Balaban J connectivity index is 0.000000415. The van der Waals surface area contributed by atoms with Crippen molar-refractivity contribution < 1.29 is 48.9 Å². The maximum absolute atomic E-state index is 12.4. The van der Waals surface area contributed by atoms with Crippen molar-refractivity contribution in [2.75, 3.05) is 41.3 Å². The minimum Gasteiger partial charge on any atom is -0.411 e. The molecule has 6 aromatic heterocycles. The number of nitro benzene ring substituents is 1. The Bertz CT molecular complexity index is 3510. The molecule has 0 aliphatic rings. The molecule has 0 amide bonds. The average Bonchev–Trinajstić information content (AvgIpc) is 1.67. The molecule has 6 heterocycles. The maximum atomic E-state index is 12.4. The topological polar surface area (TPSA) is 323 Å². The van der Waals surface area contributed by atoms with Crippen molar-refractivity contribution in [1.82, 2.24) is 60.0 Å². The van der Waals surface area contributed by atoms with Gasteiger partial charge in [-0.25, -0.2) is 54.8 Å². The van der Waals surface area contributed by atoms with Crippen molar-refractivity contribution in [3.63, 3.8) is 0 Å². The van der Waals surface area contributed by atoms with Crippen molar-refractivity contribution in [2.24, 2.45) is 20.0 Å². The van der Waals surface area contributed by atoms with Gasteiger partial charge in [0.05, 0.1) is 22.4 Å². The summed E-state index contributed by atoms with van der Waals surface area (Å²) in [6.45, 7) is 21.3. The number of amidine groups is 3. The molecule has 24 nitrogen and oxygen atoms in total. The summed E-state index contributed by atoms with van der Waals surface area (Å²) in [5, 5.41) is 27.2. The number of nitrogens with two attached hydrogens (primary N) is 1. The lowest BCUT2D eigenvalue weighted by Crippen LogP contribution is -2.17. The van der Waals surface area contributed by atoms with Crippen molar-refractivity contribution in [2.45, 2.75) is 152 Å². The third kappa shape index (κ3) is 30.5. The molecule has 0 unspecified atom stereocenters. The van der Waals surface area contributed by atoms with Crippen LogP contribution >= 0.6 is 11.8 Å². The molecule has 92 heavy (non-hydrogen) atoms. The number of hydrogen-bond acceptors (Lipinski definition) is 21. The van der Waals surface area contributed by atoms with Crippen molar-refractivity contribution >= 4 is 69.8 Å². The van der Waals surface area contributed by atoms with E-state index in [1.165, 1.54) is 56.8 Å². The fraction of sp³-hybridized carbons (Fsp3) is 0.431. The van der Waals surface area contributed by atoms with Crippen LogP contribution in [-0.4, -0.2) is 126 Å². The highest BCUT2D eigenvalue weighted by Gasteiger charge is 2.28. The van der Waals surface area contributed by atoms with Crippen molar-refractivity contribution in [3.05, 3.63) is 130 Å². The Kier molecular flexibility index (Phi) is 32.4. The number of aryl methyl sites for hydroxylation is 9. The zero-order valence-electron chi connectivity index (χ0n) is 53.6. The Morgan fingerprint density at radius 2 is 0.902 bits per heavy atom. The number of alkyl halides is 9. The van der Waals surface area contributed by atoms with E-state index >= 15 is 0 Å². The number of aromatic nitrogens is 12. The number of anilines is 4. The lowest BCUT2D eigenvalue weighted by atomic mass is 10.2. The number of non-ortho nitro benzene ring substituents is 1. The number of thioether (sulfide) groups is 1. The second-order valence-electron chi connectivity index (χ2n) is 19.3.